The molecule has 2 rings (SSSR count). The summed E-state index contributed by atoms with van der Waals surface area (Å²) in [5, 5.41) is 0. The largest absolute Gasteiger partial charge is 0.298 e. The van der Waals surface area contributed by atoms with Gasteiger partial charge in [-0.15, -0.1) is 0 Å². The Labute approximate surface area is 81.2 Å². The van der Waals surface area contributed by atoms with Gasteiger partial charge in [-0.05, 0) is 20.3 Å². The molecule has 2 heteroatoms. The van der Waals surface area contributed by atoms with Gasteiger partial charge in [0.1, 0.15) is 0 Å². The van der Waals surface area contributed by atoms with Crippen LogP contribution in [0.3, 0.4) is 0 Å². The molecule has 0 saturated carbocycles. The van der Waals surface area contributed by atoms with Crippen LogP contribution in [-0.2, 0) is 0 Å². The molecule has 2 aliphatic heterocycles. The van der Waals surface area contributed by atoms with Crippen molar-refractivity contribution in [2.45, 2.75) is 32.4 Å². The molecule has 74 valence electrons. The molecule has 2 aliphatic rings. The molecule has 0 bridgehead atoms. The van der Waals surface area contributed by atoms with Crippen LogP contribution in [-0.4, -0.2) is 48.1 Å². The van der Waals surface area contributed by atoms with Gasteiger partial charge < -0.3 is 0 Å². The molecule has 0 radical (unpaired) electrons. The molecule has 0 aliphatic carbocycles. The molecule has 2 heterocycles. The van der Waals surface area contributed by atoms with Gasteiger partial charge in [0.05, 0.1) is 0 Å². The quantitative estimate of drug-likeness (QED) is 0.592. The maximum absolute atomic E-state index is 2.61. The third-order valence-corrected chi connectivity index (χ3v) is 3.23. The van der Waals surface area contributed by atoms with Crippen LogP contribution in [0.4, 0.5) is 0 Å². The highest BCUT2D eigenvalue weighted by Gasteiger charge is 2.32. The zero-order valence-corrected chi connectivity index (χ0v) is 8.74. The van der Waals surface area contributed by atoms with Gasteiger partial charge in [-0.1, -0.05) is 12.2 Å². The second-order valence-electron chi connectivity index (χ2n) is 4.46. The fraction of sp³-hybridized carbons (Fsp3) is 0.818. The Morgan fingerprint density at radius 3 is 2.54 bits per heavy atom. The number of nitrogens with zero attached hydrogens (tertiary/aromatic N) is 2. The molecule has 1 saturated heterocycles. The first kappa shape index (κ1) is 9.22. The van der Waals surface area contributed by atoms with E-state index in [1.165, 1.54) is 32.6 Å². The molecule has 1 fully saturated rings. The zero-order valence-electron chi connectivity index (χ0n) is 8.74. The number of hydrogen-bond donors (Lipinski definition) is 0. The standard InChI is InChI=1S/C11H20N2/c1-10(2)13-8-11(9-13)12-6-4-3-5-7-12/h3-4,10-11H,5-9H2,1-2H3. The third kappa shape index (κ3) is 1.94. The van der Waals surface area contributed by atoms with Crippen LogP contribution in [0.5, 0.6) is 0 Å². The second kappa shape index (κ2) is 3.81. The normalized spacial score (nSPS) is 26.7. The zero-order chi connectivity index (χ0) is 9.26. The fourth-order valence-electron chi connectivity index (χ4n) is 2.13. The van der Waals surface area contributed by atoms with Gasteiger partial charge in [0.15, 0.2) is 0 Å². The van der Waals surface area contributed by atoms with E-state index >= 15 is 0 Å². The van der Waals surface area contributed by atoms with Gasteiger partial charge in [0.2, 0.25) is 0 Å². The fourth-order valence-corrected chi connectivity index (χ4v) is 2.13. The minimum atomic E-state index is 0.733. The molecule has 13 heavy (non-hydrogen) atoms. The summed E-state index contributed by atoms with van der Waals surface area (Å²) < 4.78 is 0. The van der Waals surface area contributed by atoms with Crippen molar-refractivity contribution in [3.05, 3.63) is 12.2 Å². The highest BCUT2D eigenvalue weighted by Crippen LogP contribution is 2.19. The van der Waals surface area contributed by atoms with Crippen LogP contribution < -0.4 is 0 Å². The molecule has 0 aromatic heterocycles. The summed E-state index contributed by atoms with van der Waals surface area (Å²) >= 11 is 0. The van der Waals surface area contributed by atoms with Crippen LogP contribution in [0, 0.1) is 0 Å². The van der Waals surface area contributed by atoms with Crippen LogP contribution in [0.15, 0.2) is 12.2 Å². The van der Waals surface area contributed by atoms with Crippen LogP contribution >= 0.6 is 0 Å². The lowest BCUT2D eigenvalue weighted by Gasteiger charge is -2.47. The first-order valence-corrected chi connectivity index (χ1v) is 5.40. The van der Waals surface area contributed by atoms with E-state index < -0.39 is 0 Å². The van der Waals surface area contributed by atoms with Crippen molar-refractivity contribution in [1.29, 1.82) is 0 Å². The SMILES string of the molecule is CC(C)N1CC(N2CC=CCC2)C1. The topological polar surface area (TPSA) is 6.48 Å². The number of hydrogen-bond acceptors (Lipinski definition) is 2. The molecule has 0 unspecified atom stereocenters. The van der Waals surface area contributed by atoms with Crippen LogP contribution in [0.1, 0.15) is 20.3 Å². The Morgan fingerprint density at radius 2 is 2.00 bits per heavy atom. The highest BCUT2D eigenvalue weighted by atomic mass is 15.3. The van der Waals surface area contributed by atoms with Crippen molar-refractivity contribution in [2.75, 3.05) is 26.2 Å². The Kier molecular flexibility index (Phi) is 2.70. The lowest BCUT2D eigenvalue weighted by molar-refractivity contribution is 0.0187. The van der Waals surface area contributed by atoms with E-state index in [4.69, 9.17) is 0 Å². The maximum atomic E-state index is 2.61. The maximum Gasteiger partial charge on any atom is 0.0354 e. The van der Waals surface area contributed by atoms with Gasteiger partial charge in [0, 0.05) is 38.3 Å². The average molecular weight is 180 g/mol. The average Bonchev–Trinajstić information content (AvgIpc) is 2.02. The van der Waals surface area contributed by atoms with E-state index in [9.17, 15) is 0 Å². The minimum absolute atomic E-state index is 0.733. The van der Waals surface area contributed by atoms with E-state index in [1.54, 1.807) is 0 Å². The van der Waals surface area contributed by atoms with Crippen molar-refractivity contribution in [2.24, 2.45) is 0 Å². The monoisotopic (exact) mass is 180 g/mol. The van der Waals surface area contributed by atoms with Gasteiger partial charge in [-0.3, -0.25) is 9.80 Å². The molecule has 0 spiro atoms. The molecule has 0 atom stereocenters. The first-order chi connectivity index (χ1) is 6.27. The van der Waals surface area contributed by atoms with Crippen molar-refractivity contribution in [3.63, 3.8) is 0 Å². The lowest BCUT2D eigenvalue weighted by atomic mass is 10.0. The van der Waals surface area contributed by atoms with Gasteiger partial charge in [-0.25, -0.2) is 0 Å². The highest BCUT2D eigenvalue weighted by molar-refractivity contribution is 4.97. The van der Waals surface area contributed by atoms with E-state index in [0.717, 1.165) is 12.1 Å². The smallest absolute Gasteiger partial charge is 0.0354 e. The summed E-state index contributed by atoms with van der Waals surface area (Å²) in [5.74, 6) is 0. The summed E-state index contributed by atoms with van der Waals surface area (Å²) in [4.78, 5) is 5.15. The van der Waals surface area contributed by atoms with Gasteiger partial charge >= 0.3 is 0 Å². The van der Waals surface area contributed by atoms with Crippen molar-refractivity contribution < 1.29 is 0 Å². The number of likely N-dealkylation sites (tertiary alicyclic amines) is 1. The van der Waals surface area contributed by atoms with Crippen molar-refractivity contribution >= 4 is 0 Å². The Bertz CT molecular complexity index is 192. The predicted octanol–water partition coefficient (Wildman–Crippen LogP) is 1.34. The molecule has 0 amide bonds. The molecule has 0 aromatic carbocycles. The summed E-state index contributed by atoms with van der Waals surface area (Å²) in [6, 6.07) is 1.57. The van der Waals surface area contributed by atoms with Gasteiger partial charge in [0.25, 0.3) is 0 Å². The molecule has 0 aromatic rings. The van der Waals surface area contributed by atoms with E-state index in [-0.39, 0.29) is 0 Å². The molecular formula is C11H20N2. The second-order valence-corrected chi connectivity index (χ2v) is 4.46. The summed E-state index contributed by atoms with van der Waals surface area (Å²) in [7, 11) is 0. The van der Waals surface area contributed by atoms with Crippen molar-refractivity contribution in [3.8, 4) is 0 Å². The number of rotatable bonds is 2. The molecule has 2 nitrogen and oxygen atoms in total. The van der Waals surface area contributed by atoms with E-state index in [2.05, 4.69) is 35.8 Å². The third-order valence-electron chi connectivity index (χ3n) is 3.23. The summed E-state index contributed by atoms with van der Waals surface area (Å²) in [6.07, 6.45) is 5.86. The molecule has 0 N–H and O–H groups in total. The summed E-state index contributed by atoms with van der Waals surface area (Å²) in [6.45, 7) is 9.58. The van der Waals surface area contributed by atoms with E-state index in [1.807, 2.05) is 0 Å². The Morgan fingerprint density at radius 1 is 1.23 bits per heavy atom. The van der Waals surface area contributed by atoms with Crippen molar-refractivity contribution in [1.82, 2.24) is 9.80 Å². The Hall–Kier alpha value is -0.340. The minimum Gasteiger partial charge on any atom is -0.298 e. The van der Waals surface area contributed by atoms with E-state index in [0.29, 0.717) is 0 Å². The van der Waals surface area contributed by atoms with Gasteiger partial charge in [-0.2, -0.15) is 0 Å². The van der Waals surface area contributed by atoms with Crippen LogP contribution in [0.2, 0.25) is 0 Å². The summed E-state index contributed by atoms with van der Waals surface area (Å²) in [5.41, 5.74) is 0. The Balaban J connectivity index is 1.76. The predicted molar refractivity (Wildman–Crippen MR) is 55.8 cm³/mol. The first-order valence-electron chi connectivity index (χ1n) is 5.40. The van der Waals surface area contributed by atoms with Crippen LogP contribution in [0.25, 0.3) is 0 Å². The molecular weight excluding hydrogens is 160 g/mol. The lowest BCUT2D eigenvalue weighted by Crippen LogP contribution is -2.61.